The van der Waals surface area contributed by atoms with Gasteiger partial charge in [-0.25, -0.2) is 4.39 Å². The Labute approximate surface area is 86.9 Å². The number of halogens is 1. The highest BCUT2D eigenvalue weighted by Gasteiger charge is 2.34. The predicted octanol–water partition coefficient (Wildman–Crippen LogP) is 3.53. The first-order valence-electron chi connectivity index (χ1n) is 5.30. The van der Waals surface area contributed by atoms with E-state index in [1.807, 2.05) is 6.07 Å². The van der Waals surface area contributed by atoms with Gasteiger partial charge in [-0.1, -0.05) is 6.07 Å². The van der Waals surface area contributed by atoms with Gasteiger partial charge in [-0.2, -0.15) is 0 Å². The molecule has 14 heavy (non-hydrogen) atoms. The van der Waals surface area contributed by atoms with E-state index in [-0.39, 0.29) is 5.82 Å². The van der Waals surface area contributed by atoms with Crippen molar-refractivity contribution in [1.82, 2.24) is 0 Å². The number of benzene rings is 1. The molecule has 0 saturated carbocycles. The zero-order valence-corrected chi connectivity index (χ0v) is 10.2. The van der Waals surface area contributed by atoms with Crippen LogP contribution >= 0.6 is 7.26 Å². The molecule has 0 spiro atoms. The first-order chi connectivity index (χ1) is 6.68. The molecule has 0 nitrogen and oxygen atoms in total. The average Bonchev–Trinajstić information content (AvgIpc) is 2.22. The van der Waals surface area contributed by atoms with Crippen molar-refractivity contribution in [2.24, 2.45) is 0 Å². The van der Waals surface area contributed by atoms with Crippen molar-refractivity contribution in [1.29, 1.82) is 0 Å². The second-order valence-electron chi connectivity index (χ2n) is 3.57. The minimum atomic E-state index is -1.06. The van der Waals surface area contributed by atoms with Crippen molar-refractivity contribution >= 4 is 12.6 Å². The maximum absolute atomic E-state index is 13.1. The third kappa shape index (κ3) is 2.15. The average molecular weight is 213 g/mol. The van der Waals surface area contributed by atoms with E-state index in [0.29, 0.717) is 0 Å². The molecule has 2 heteroatoms. The van der Waals surface area contributed by atoms with Crippen LogP contribution in [0.5, 0.6) is 0 Å². The standard InChI is InChI=1S/C12H19FP/c1-4-14(5-2,6-3)12-9-7-8-11(13)10-12/h7-10H,4-6H2,1-3H3/q+1. The van der Waals surface area contributed by atoms with Gasteiger partial charge in [-0.15, -0.1) is 0 Å². The molecule has 0 bridgehead atoms. The third-order valence-corrected chi connectivity index (χ3v) is 8.18. The molecule has 0 fully saturated rings. The van der Waals surface area contributed by atoms with Crippen molar-refractivity contribution in [2.75, 3.05) is 18.5 Å². The van der Waals surface area contributed by atoms with Crippen LogP contribution in [0.1, 0.15) is 20.8 Å². The Balaban J connectivity index is 3.10. The highest BCUT2D eigenvalue weighted by molar-refractivity contribution is 7.82. The Bertz CT molecular complexity index is 284. The molecule has 0 amide bonds. The summed E-state index contributed by atoms with van der Waals surface area (Å²) in [7, 11) is -1.06. The zero-order valence-electron chi connectivity index (χ0n) is 9.26. The summed E-state index contributed by atoms with van der Waals surface area (Å²) in [6.45, 7) is 6.68. The molecule has 0 heterocycles. The molecule has 0 atom stereocenters. The Hall–Kier alpha value is -0.420. The Morgan fingerprint density at radius 1 is 1.07 bits per heavy atom. The molecule has 0 aliphatic heterocycles. The van der Waals surface area contributed by atoms with Crippen molar-refractivity contribution in [3.05, 3.63) is 30.1 Å². The maximum atomic E-state index is 13.1. The van der Waals surface area contributed by atoms with Crippen LogP contribution in [0.3, 0.4) is 0 Å². The van der Waals surface area contributed by atoms with Gasteiger partial charge in [0.25, 0.3) is 0 Å². The summed E-state index contributed by atoms with van der Waals surface area (Å²) < 4.78 is 13.1. The summed E-state index contributed by atoms with van der Waals surface area (Å²) in [5.74, 6) is -0.0952. The maximum Gasteiger partial charge on any atom is 0.127 e. The minimum absolute atomic E-state index is 0.0952. The van der Waals surface area contributed by atoms with E-state index in [4.69, 9.17) is 0 Å². The number of hydrogen-bond acceptors (Lipinski definition) is 0. The lowest BCUT2D eigenvalue weighted by atomic mass is 10.3. The van der Waals surface area contributed by atoms with Crippen LogP contribution in [-0.2, 0) is 0 Å². The van der Waals surface area contributed by atoms with Gasteiger partial charge in [0.1, 0.15) is 5.82 Å². The van der Waals surface area contributed by atoms with Crippen LogP contribution in [0.4, 0.5) is 4.39 Å². The molecule has 0 aliphatic carbocycles. The Morgan fingerprint density at radius 3 is 2.07 bits per heavy atom. The third-order valence-electron chi connectivity index (χ3n) is 3.17. The largest absolute Gasteiger partial charge is 0.207 e. The Morgan fingerprint density at radius 2 is 1.64 bits per heavy atom. The van der Waals surface area contributed by atoms with Gasteiger partial charge in [0.05, 0.1) is 23.8 Å². The SMILES string of the molecule is CC[P+](CC)(CC)c1cccc(F)c1. The summed E-state index contributed by atoms with van der Waals surface area (Å²) in [5.41, 5.74) is 0. The van der Waals surface area contributed by atoms with Gasteiger partial charge in [-0.3, -0.25) is 0 Å². The fourth-order valence-corrected chi connectivity index (χ4v) is 5.23. The van der Waals surface area contributed by atoms with E-state index in [1.54, 1.807) is 6.07 Å². The minimum Gasteiger partial charge on any atom is -0.207 e. The van der Waals surface area contributed by atoms with E-state index in [9.17, 15) is 4.39 Å². The van der Waals surface area contributed by atoms with Crippen molar-refractivity contribution in [3.8, 4) is 0 Å². The van der Waals surface area contributed by atoms with Gasteiger partial charge in [0, 0.05) is 13.3 Å². The first kappa shape index (κ1) is 11.7. The summed E-state index contributed by atoms with van der Waals surface area (Å²) in [4.78, 5) is 0. The van der Waals surface area contributed by atoms with Crippen LogP contribution in [0.15, 0.2) is 24.3 Å². The molecule has 78 valence electrons. The quantitative estimate of drug-likeness (QED) is 0.671. The lowest BCUT2D eigenvalue weighted by molar-refractivity contribution is 0.629. The van der Waals surface area contributed by atoms with Crippen LogP contribution in [0.25, 0.3) is 0 Å². The van der Waals surface area contributed by atoms with E-state index in [2.05, 4.69) is 26.8 Å². The number of hydrogen-bond donors (Lipinski definition) is 0. The van der Waals surface area contributed by atoms with Gasteiger partial charge in [0.2, 0.25) is 0 Å². The lowest BCUT2D eigenvalue weighted by Gasteiger charge is -2.23. The van der Waals surface area contributed by atoms with Gasteiger partial charge in [-0.05, 0) is 32.9 Å². The molecule has 1 aromatic carbocycles. The van der Waals surface area contributed by atoms with E-state index >= 15 is 0 Å². The summed E-state index contributed by atoms with van der Waals surface area (Å²) in [5, 5.41) is 1.25. The molecule has 0 saturated heterocycles. The first-order valence-corrected chi connectivity index (χ1v) is 7.65. The molecule has 0 unspecified atom stereocenters. The molecule has 1 aromatic rings. The molecule has 1 rings (SSSR count). The summed E-state index contributed by atoms with van der Waals surface area (Å²) >= 11 is 0. The van der Waals surface area contributed by atoms with Gasteiger partial charge < -0.3 is 0 Å². The van der Waals surface area contributed by atoms with Gasteiger partial charge >= 0.3 is 0 Å². The Kier molecular flexibility index (Phi) is 4.07. The van der Waals surface area contributed by atoms with E-state index < -0.39 is 7.26 Å². The van der Waals surface area contributed by atoms with Crippen LogP contribution in [0.2, 0.25) is 0 Å². The second-order valence-corrected chi connectivity index (χ2v) is 8.28. The fraction of sp³-hybridized carbons (Fsp3) is 0.500. The highest BCUT2D eigenvalue weighted by atomic mass is 31.2. The molecule has 0 aliphatic rings. The molecule has 0 aromatic heterocycles. The molecule has 0 N–H and O–H groups in total. The van der Waals surface area contributed by atoms with Gasteiger partial charge in [0.15, 0.2) is 0 Å². The van der Waals surface area contributed by atoms with Crippen molar-refractivity contribution in [2.45, 2.75) is 20.8 Å². The van der Waals surface area contributed by atoms with Crippen molar-refractivity contribution in [3.63, 3.8) is 0 Å². The van der Waals surface area contributed by atoms with Crippen LogP contribution in [-0.4, -0.2) is 18.5 Å². The number of rotatable bonds is 4. The molecular weight excluding hydrogens is 194 g/mol. The highest BCUT2D eigenvalue weighted by Crippen LogP contribution is 2.56. The zero-order chi connectivity index (χ0) is 10.6. The smallest absolute Gasteiger partial charge is 0.127 e. The normalized spacial score (nSPS) is 11.7. The van der Waals surface area contributed by atoms with Crippen LogP contribution in [0, 0.1) is 5.82 Å². The fourth-order valence-electron chi connectivity index (χ4n) is 1.99. The van der Waals surface area contributed by atoms with Crippen molar-refractivity contribution < 1.29 is 4.39 Å². The van der Waals surface area contributed by atoms with E-state index in [1.165, 1.54) is 29.9 Å². The lowest BCUT2D eigenvalue weighted by Crippen LogP contribution is -2.17. The molecule has 0 radical (unpaired) electrons. The summed E-state index contributed by atoms with van der Waals surface area (Å²) in [6.07, 6.45) is 3.55. The second kappa shape index (κ2) is 4.89. The summed E-state index contributed by atoms with van der Waals surface area (Å²) in [6, 6.07) is 7.18. The monoisotopic (exact) mass is 213 g/mol. The predicted molar refractivity (Wildman–Crippen MR) is 64.6 cm³/mol. The van der Waals surface area contributed by atoms with E-state index in [0.717, 1.165) is 0 Å². The topological polar surface area (TPSA) is 0 Å². The van der Waals surface area contributed by atoms with Crippen LogP contribution < -0.4 is 5.30 Å². The molecular formula is C12H19FP+.